The standard InChI is InChI=1S/C17H31F3O2S/c1-3-5-11-16(21)22-14-15(10-4-2)23-13-9-7-6-8-12-17(18,19)20/h15H,3-14H2,1-2H3. The second-order valence-corrected chi connectivity index (χ2v) is 7.26. The lowest BCUT2D eigenvalue weighted by Gasteiger charge is -2.16. The van der Waals surface area contributed by atoms with E-state index in [-0.39, 0.29) is 12.4 Å². The second kappa shape index (κ2) is 14.0. The molecule has 0 fully saturated rings. The molecule has 0 aliphatic carbocycles. The smallest absolute Gasteiger partial charge is 0.389 e. The molecule has 0 N–H and O–H groups in total. The summed E-state index contributed by atoms with van der Waals surface area (Å²) in [4.78, 5) is 11.5. The predicted octanol–water partition coefficient (Wildman–Crippen LogP) is 6.13. The number of carbonyl (C=O) groups is 1. The normalized spacial score (nSPS) is 13.1. The summed E-state index contributed by atoms with van der Waals surface area (Å²) >= 11 is 1.78. The highest BCUT2D eigenvalue weighted by Crippen LogP contribution is 2.24. The van der Waals surface area contributed by atoms with Gasteiger partial charge >= 0.3 is 12.1 Å². The lowest BCUT2D eigenvalue weighted by Crippen LogP contribution is -2.16. The number of hydrogen-bond donors (Lipinski definition) is 0. The molecule has 0 spiro atoms. The minimum atomic E-state index is -4.03. The molecular formula is C17H31F3O2S. The lowest BCUT2D eigenvalue weighted by molar-refractivity contribution is -0.143. The molecule has 0 radical (unpaired) electrons. The van der Waals surface area contributed by atoms with Crippen molar-refractivity contribution in [3.05, 3.63) is 0 Å². The van der Waals surface area contributed by atoms with E-state index < -0.39 is 12.6 Å². The summed E-state index contributed by atoms with van der Waals surface area (Å²) in [5, 5.41) is 0.306. The van der Waals surface area contributed by atoms with Crippen LogP contribution in [0.3, 0.4) is 0 Å². The summed E-state index contributed by atoms with van der Waals surface area (Å²) in [6.45, 7) is 4.59. The number of halogens is 3. The van der Waals surface area contributed by atoms with Gasteiger partial charge in [-0.3, -0.25) is 4.79 Å². The Bertz CT molecular complexity index is 296. The van der Waals surface area contributed by atoms with Crippen molar-refractivity contribution in [1.29, 1.82) is 0 Å². The van der Waals surface area contributed by atoms with Crippen molar-refractivity contribution in [3.63, 3.8) is 0 Å². The van der Waals surface area contributed by atoms with Crippen LogP contribution in [0.4, 0.5) is 13.2 Å². The third-order valence-electron chi connectivity index (χ3n) is 3.48. The van der Waals surface area contributed by atoms with Gasteiger partial charge in [0.2, 0.25) is 0 Å². The summed E-state index contributed by atoms with van der Waals surface area (Å²) in [5.74, 6) is 0.795. The van der Waals surface area contributed by atoms with Crippen LogP contribution in [0.5, 0.6) is 0 Å². The molecule has 138 valence electrons. The Kier molecular flexibility index (Phi) is 13.8. The molecule has 0 aliphatic rings. The Morgan fingerprint density at radius 2 is 1.74 bits per heavy atom. The molecule has 0 saturated carbocycles. The zero-order chi connectivity index (χ0) is 17.6. The summed E-state index contributed by atoms with van der Waals surface area (Å²) < 4.78 is 41.3. The van der Waals surface area contributed by atoms with Gasteiger partial charge < -0.3 is 4.74 Å². The lowest BCUT2D eigenvalue weighted by atomic mass is 10.1. The van der Waals surface area contributed by atoms with Crippen LogP contribution in [-0.2, 0) is 9.53 Å². The van der Waals surface area contributed by atoms with Crippen LogP contribution < -0.4 is 0 Å². The molecule has 23 heavy (non-hydrogen) atoms. The van der Waals surface area contributed by atoms with E-state index in [1.807, 2.05) is 6.92 Å². The van der Waals surface area contributed by atoms with Crippen molar-refractivity contribution in [2.75, 3.05) is 12.4 Å². The van der Waals surface area contributed by atoms with Crippen molar-refractivity contribution in [2.45, 2.75) is 89.5 Å². The van der Waals surface area contributed by atoms with E-state index in [0.29, 0.717) is 24.7 Å². The van der Waals surface area contributed by atoms with E-state index >= 15 is 0 Å². The third kappa shape index (κ3) is 16.3. The first-order valence-electron chi connectivity index (χ1n) is 8.73. The summed E-state index contributed by atoms with van der Waals surface area (Å²) in [5.41, 5.74) is 0. The van der Waals surface area contributed by atoms with Gasteiger partial charge in [0.15, 0.2) is 0 Å². The van der Waals surface area contributed by atoms with Gasteiger partial charge in [0.25, 0.3) is 0 Å². The van der Waals surface area contributed by atoms with Crippen molar-refractivity contribution >= 4 is 17.7 Å². The molecule has 1 atom stereocenters. The minimum absolute atomic E-state index is 0.124. The fraction of sp³-hybridized carbons (Fsp3) is 0.941. The number of unbranched alkanes of at least 4 members (excludes halogenated alkanes) is 4. The molecule has 1 unspecified atom stereocenters. The van der Waals surface area contributed by atoms with Gasteiger partial charge in [-0.2, -0.15) is 24.9 Å². The van der Waals surface area contributed by atoms with E-state index in [9.17, 15) is 18.0 Å². The van der Waals surface area contributed by atoms with E-state index in [1.165, 1.54) is 0 Å². The van der Waals surface area contributed by atoms with Crippen LogP contribution >= 0.6 is 11.8 Å². The molecule has 0 aromatic heterocycles. The quantitative estimate of drug-likeness (QED) is 0.276. The van der Waals surface area contributed by atoms with Gasteiger partial charge in [-0.1, -0.05) is 39.5 Å². The maximum Gasteiger partial charge on any atom is 0.389 e. The summed E-state index contributed by atoms with van der Waals surface area (Å²) in [7, 11) is 0. The van der Waals surface area contributed by atoms with Crippen LogP contribution in [0.25, 0.3) is 0 Å². The van der Waals surface area contributed by atoms with Crippen LogP contribution in [0.2, 0.25) is 0 Å². The Hall–Kier alpha value is -0.390. The average Bonchev–Trinajstić information content (AvgIpc) is 2.48. The maximum absolute atomic E-state index is 12.0. The van der Waals surface area contributed by atoms with Crippen molar-refractivity contribution in [1.82, 2.24) is 0 Å². The van der Waals surface area contributed by atoms with E-state index in [0.717, 1.165) is 44.3 Å². The van der Waals surface area contributed by atoms with Crippen molar-refractivity contribution < 1.29 is 22.7 Å². The van der Waals surface area contributed by atoms with Gasteiger partial charge in [-0.25, -0.2) is 0 Å². The monoisotopic (exact) mass is 356 g/mol. The van der Waals surface area contributed by atoms with Gasteiger partial charge in [0.05, 0.1) is 0 Å². The van der Waals surface area contributed by atoms with Crippen LogP contribution in [0, 0.1) is 0 Å². The molecule has 0 aromatic rings. The van der Waals surface area contributed by atoms with Crippen LogP contribution in [0.1, 0.15) is 78.1 Å². The summed E-state index contributed by atoms with van der Waals surface area (Å²) in [6, 6.07) is 0. The van der Waals surface area contributed by atoms with Gasteiger partial charge in [0, 0.05) is 18.1 Å². The SMILES string of the molecule is CCCCC(=O)OCC(CCC)SCCCCCCC(F)(F)F. The molecule has 0 aromatic carbocycles. The van der Waals surface area contributed by atoms with Crippen molar-refractivity contribution in [3.8, 4) is 0 Å². The topological polar surface area (TPSA) is 26.3 Å². The Morgan fingerprint density at radius 1 is 1.04 bits per heavy atom. The maximum atomic E-state index is 12.0. The molecule has 0 aliphatic heterocycles. The number of esters is 1. The average molecular weight is 356 g/mol. The number of hydrogen-bond acceptors (Lipinski definition) is 3. The number of carbonyl (C=O) groups excluding carboxylic acids is 1. The first-order chi connectivity index (χ1) is 10.9. The number of ether oxygens (including phenoxy) is 1. The second-order valence-electron chi connectivity index (χ2n) is 5.85. The van der Waals surface area contributed by atoms with E-state index in [2.05, 4.69) is 6.92 Å². The fourth-order valence-corrected chi connectivity index (χ4v) is 3.42. The van der Waals surface area contributed by atoms with Crippen LogP contribution in [0.15, 0.2) is 0 Å². The minimum Gasteiger partial charge on any atom is -0.464 e. The van der Waals surface area contributed by atoms with Crippen molar-refractivity contribution in [2.24, 2.45) is 0 Å². The van der Waals surface area contributed by atoms with Crippen LogP contribution in [-0.4, -0.2) is 29.8 Å². The number of alkyl halides is 3. The Labute approximate surface area is 142 Å². The van der Waals surface area contributed by atoms with Gasteiger partial charge in [-0.05, 0) is 31.4 Å². The first-order valence-corrected chi connectivity index (χ1v) is 9.77. The molecule has 6 heteroatoms. The molecule has 0 bridgehead atoms. The zero-order valence-corrected chi connectivity index (χ0v) is 15.2. The fourth-order valence-electron chi connectivity index (χ4n) is 2.15. The molecule has 0 amide bonds. The highest BCUT2D eigenvalue weighted by molar-refractivity contribution is 7.99. The van der Waals surface area contributed by atoms with Gasteiger partial charge in [0.1, 0.15) is 6.61 Å². The first kappa shape index (κ1) is 22.6. The third-order valence-corrected chi connectivity index (χ3v) is 4.85. The molecule has 2 nitrogen and oxygen atoms in total. The molecule has 0 heterocycles. The molecular weight excluding hydrogens is 325 g/mol. The van der Waals surface area contributed by atoms with E-state index in [4.69, 9.17) is 4.74 Å². The summed E-state index contributed by atoms with van der Waals surface area (Å²) in [6.07, 6.45) is 2.28. The largest absolute Gasteiger partial charge is 0.464 e. The molecule has 0 saturated heterocycles. The number of thioether (sulfide) groups is 1. The Balaban J connectivity index is 3.69. The van der Waals surface area contributed by atoms with Gasteiger partial charge in [-0.15, -0.1) is 0 Å². The predicted molar refractivity (Wildman–Crippen MR) is 90.8 cm³/mol. The highest BCUT2D eigenvalue weighted by Gasteiger charge is 2.25. The Morgan fingerprint density at radius 3 is 2.35 bits per heavy atom. The number of rotatable bonds is 14. The zero-order valence-electron chi connectivity index (χ0n) is 14.4. The highest BCUT2D eigenvalue weighted by atomic mass is 32.2. The molecule has 0 rings (SSSR count). The van der Waals surface area contributed by atoms with E-state index in [1.54, 1.807) is 11.8 Å².